The molecule has 0 saturated carbocycles. The second kappa shape index (κ2) is 12.2. The molecule has 1 heterocycles. The maximum Gasteiger partial charge on any atom is 0.302 e. The second-order valence-corrected chi connectivity index (χ2v) is 11.4. The fourth-order valence-electron chi connectivity index (χ4n) is 3.95. The Morgan fingerprint density at radius 3 is 2.63 bits per heavy atom. The summed E-state index contributed by atoms with van der Waals surface area (Å²) in [6, 6.07) is 7.11. The first-order chi connectivity index (χ1) is 16.2. The normalized spacial score (nSPS) is 18.7. The van der Waals surface area contributed by atoms with Gasteiger partial charge in [-0.3, -0.25) is 20.0 Å². The van der Waals surface area contributed by atoms with E-state index in [2.05, 4.69) is 29.4 Å². The summed E-state index contributed by atoms with van der Waals surface area (Å²) in [6.45, 7) is 12.1. The molecule has 35 heavy (non-hydrogen) atoms. The summed E-state index contributed by atoms with van der Waals surface area (Å²) in [5.74, 6) is -0.603. The van der Waals surface area contributed by atoms with Crippen LogP contribution in [0.1, 0.15) is 59.9 Å². The average Bonchev–Trinajstić information content (AvgIpc) is 3.22. The van der Waals surface area contributed by atoms with Crippen molar-refractivity contribution in [1.29, 1.82) is 0 Å². The van der Waals surface area contributed by atoms with Gasteiger partial charge in [-0.1, -0.05) is 42.8 Å². The van der Waals surface area contributed by atoms with Crippen molar-refractivity contribution in [1.82, 2.24) is 15.3 Å². The number of rotatable bonds is 7. The highest BCUT2D eigenvalue weighted by Crippen LogP contribution is 2.29. The van der Waals surface area contributed by atoms with Gasteiger partial charge in [0.25, 0.3) is 5.91 Å². The lowest BCUT2D eigenvalue weighted by Gasteiger charge is -2.42. The number of nitrogens with two attached hydrogens (primary N) is 1. The lowest BCUT2D eigenvalue weighted by Crippen LogP contribution is -2.62. The first-order valence-electron chi connectivity index (χ1n) is 12.0. The smallest absolute Gasteiger partial charge is 0.302 e. The molecule has 0 unspecified atom stereocenters. The van der Waals surface area contributed by atoms with Gasteiger partial charge in [-0.2, -0.15) is 0 Å². The van der Waals surface area contributed by atoms with E-state index in [4.69, 9.17) is 34.3 Å². The maximum absolute atomic E-state index is 12.4. The number of carbonyl (C=O) groups is 2. The predicted molar refractivity (Wildman–Crippen MR) is 145 cm³/mol. The molecule has 1 aliphatic rings. The first kappa shape index (κ1) is 29.1. The van der Waals surface area contributed by atoms with E-state index in [1.807, 2.05) is 45.0 Å². The highest BCUT2D eigenvalue weighted by molar-refractivity contribution is 7.80. The molecule has 1 aromatic rings. The number of ether oxygens (including phenoxy) is 1. The maximum atomic E-state index is 12.4. The van der Waals surface area contributed by atoms with Crippen LogP contribution in [0.4, 0.5) is 0 Å². The molecule has 3 N–H and O–H groups in total. The van der Waals surface area contributed by atoms with Crippen molar-refractivity contribution in [2.45, 2.75) is 78.4 Å². The van der Waals surface area contributed by atoms with E-state index in [0.29, 0.717) is 16.6 Å². The second-order valence-electron chi connectivity index (χ2n) is 10.6. The molecule has 9 heteroatoms. The summed E-state index contributed by atoms with van der Waals surface area (Å²) in [5, 5.41) is 2.95. The van der Waals surface area contributed by atoms with Crippen molar-refractivity contribution in [3.63, 3.8) is 0 Å². The zero-order chi connectivity index (χ0) is 26.4. The van der Waals surface area contributed by atoms with Crippen LogP contribution in [0, 0.1) is 5.41 Å². The SMILES string of the molecule is CC(=O)OC[C@@](C)(/C=C/[C@@H]1CCCN1C(=S)N(NC(=O)[C@H](C)N)C(C)(C)C)Cc1cccc(Cl)c1. The van der Waals surface area contributed by atoms with E-state index in [1.165, 1.54) is 6.92 Å². The zero-order valence-corrected chi connectivity index (χ0v) is 23.2. The fraction of sp³-hybridized carbons (Fsp3) is 0.577. The van der Waals surface area contributed by atoms with Gasteiger partial charge in [0.15, 0.2) is 5.11 Å². The van der Waals surface area contributed by atoms with Gasteiger partial charge in [0, 0.05) is 29.9 Å². The number of carbonyl (C=O) groups excluding carboxylic acids is 2. The van der Waals surface area contributed by atoms with Crippen molar-refractivity contribution >= 4 is 40.8 Å². The molecular weight excluding hydrogens is 484 g/mol. The van der Waals surface area contributed by atoms with Crippen LogP contribution in [0.25, 0.3) is 0 Å². The third kappa shape index (κ3) is 8.78. The van der Waals surface area contributed by atoms with E-state index in [9.17, 15) is 9.59 Å². The van der Waals surface area contributed by atoms with E-state index in [0.717, 1.165) is 24.9 Å². The quantitative estimate of drug-likeness (QED) is 0.240. The summed E-state index contributed by atoms with van der Waals surface area (Å²) in [5.41, 5.74) is 8.86. The molecule has 1 aliphatic heterocycles. The number of hydrogen-bond donors (Lipinski definition) is 2. The molecule has 7 nitrogen and oxygen atoms in total. The third-order valence-corrected chi connectivity index (χ3v) is 6.52. The van der Waals surface area contributed by atoms with E-state index < -0.39 is 17.0 Å². The lowest BCUT2D eigenvalue weighted by atomic mass is 9.83. The van der Waals surface area contributed by atoms with Crippen LogP contribution >= 0.6 is 23.8 Å². The number of thiocarbonyl (C=S) groups is 1. The van der Waals surface area contributed by atoms with Crippen molar-refractivity contribution < 1.29 is 14.3 Å². The molecule has 0 aliphatic carbocycles. The van der Waals surface area contributed by atoms with E-state index in [1.54, 1.807) is 11.9 Å². The Balaban J connectivity index is 2.26. The van der Waals surface area contributed by atoms with Gasteiger partial charge in [0.1, 0.15) is 6.61 Å². The van der Waals surface area contributed by atoms with E-state index in [-0.39, 0.29) is 24.5 Å². The van der Waals surface area contributed by atoms with Crippen molar-refractivity contribution in [2.75, 3.05) is 13.2 Å². The zero-order valence-electron chi connectivity index (χ0n) is 21.6. The van der Waals surface area contributed by atoms with Crippen molar-refractivity contribution in [3.05, 3.63) is 47.0 Å². The van der Waals surface area contributed by atoms with Gasteiger partial charge in [-0.15, -0.1) is 0 Å². The minimum atomic E-state index is -0.648. The molecule has 1 saturated heterocycles. The monoisotopic (exact) mass is 522 g/mol. The Morgan fingerprint density at radius 2 is 2.06 bits per heavy atom. The summed E-state index contributed by atoms with van der Waals surface area (Å²) >= 11 is 12.0. The molecule has 0 aromatic heterocycles. The van der Waals surface area contributed by atoms with E-state index >= 15 is 0 Å². The Bertz CT molecular complexity index is 947. The average molecular weight is 523 g/mol. The van der Waals surface area contributed by atoms with Gasteiger partial charge >= 0.3 is 5.97 Å². The summed E-state index contributed by atoms with van der Waals surface area (Å²) in [4.78, 5) is 26.1. The number of nitrogens with zero attached hydrogens (tertiary/aromatic N) is 2. The highest BCUT2D eigenvalue weighted by Gasteiger charge is 2.34. The Hall–Kier alpha value is -2.16. The van der Waals surface area contributed by atoms with Gasteiger partial charge in [-0.05, 0) is 76.9 Å². The highest BCUT2D eigenvalue weighted by atomic mass is 35.5. The molecule has 194 valence electrons. The number of amides is 1. The fourth-order valence-corrected chi connectivity index (χ4v) is 4.71. The van der Waals surface area contributed by atoms with Crippen LogP contribution in [-0.4, -0.2) is 57.7 Å². The van der Waals surface area contributed by atoms with Gasteiger partial charge in [0.2, 0.25) is 0 Å². The summed E-state index contributed by atoms with van der Waals surface area (Å²) < 4.78 is 5.42. The number of esters is 1. The molecule has 2 rings (SSSR count). The van der Waals surface area contributed by atoms with Crippen LogP contribution in [0.2, 0.25) is 5.02 Å². The van der Waals surface area contributed by atoms with Crippen LogP contribution in [-0.2, 0) is 20.7 Å². The first-order valence-corrected chi connectivity index (χ1v) is 12.7. The summed E-state index contributed by atoms with van der Waals surface area (Å²) in [6.07, 6.45) is 6.82. The van der Waals surface area contributed by atoms with Gasteiger partial charge in [0.05, 0.1) is 11.6 Å². The Morgan fingerprint density at radius 1 is 1.37 bits per heavy atom. The molecule has 1 amide bonds. The van der Waals surface area contributed by atoms with Crippen molar-refractivity contribution in [3.8, 4) is 0 Å². The van der Waals surface area contributed by atoms with Crippen LogP contribution < -0.4 is 11.2 Å². The minimum absolute atomic E-state index is 0.0515. The molecule has 0 bridgehead atoms. The van der Waals surface area contributed by atoms with Crippen LogP contribution in [0.5, 0.6) is 0 Å². The Kier molecular flexibility index (Phi) is 10.1. The van der Waals surface area contributed by atoms with Crippen LogP contribution in [0.15, 0.2) is 36.4 Å². The Labute approximate surface area is 220 Å². The largest absolute Gasteiger partial charge is 0.465 e. The number of nitrogens with one attached hydrogen (secondary N) is 1. The number of hydrogen-bond acceptors (Lipinski definition) is 5. The predicted octanol–water partition coefficient (Wildman–Crippen LogP) is 4.24. The molecule has 1 fully saturated rings. The molecular formula is C26H39ClN4O3S. The topological polar surface area (TPSA) is 87.9 Å². The third-order valence-electron chi connectivity index (χ3n) is 5.87. The molecule has 0 radical (unpaired) electrons. The number of likely N-dealkylation sites (tertiary alicyclic amines) is 1. The van der Waals surface area contributed by atoms with Gasteiger partial charge in [-0.25, -0.2) is 0 Å². The van der Waals surface area contributed by atoms with Crippen LogP contribution in [0.3, 0.4) is 0 Å². The van der Waals surface area contributed by atoms with Gasteiger partial charge < -0.3 is 15.4 Å². The number of benzene rings is 1. The minimum Gasteiger partial charge on any atom is -0.465 e. The number of hydrazine groups is 1. The molecule has 3 atom stereocenters. The van der Waals surface area contributed by atoms with Crippen molar-refractivity contribution in [2.24, 2.45) is 11.1 Å². The molecule has 0 spiro atoms. The summed E-state index contributed by atoms with van der Waals surface area (Å²) in [7, 11) is 0. The lowest BCUT2D eigenvalue weighted by molar-refractivity contribution is -0.143. The molecule has 1 aromatic carbocycles. The standard InChI is InChI=1S/C26H39ClN4O3S/c1-18(28)23(33)29-31(25(3,4)5)24(35)30-14-8-11-22(30)12-13-26(6,17-34-19(2)32)16-20-9-7-10-21(27)15-20/h7,9-10,12-13,15,18,22H,8,11,14,16-17,28H2,1-6H3,(H,29,33)/b13-12+/t18-,22-,26-/m0/s1. The number of halogens is 1.